The summed E-state index contributed by atoms with van der Waals surface area (Å²) in [6.45, 7) is 9.61. The Hall–Kier alpha value is -1.44. The maximum absolute atomic E-state index is 4.04. The molecule has 0 spiro atoms. The molecule has 0 aliphatic carbocycles. The molecule has 0 aliphatic heterocycles. The second-order valence-electron chi connectivity index (χ2n) is 2.07. The zero-order chi connectivity index (χ0) is 10.1. The second-order valence-corrected chi connectivity index (χ2v) is 2.07. The highest BCUT2D eigenvalue weighted by Gasteiger charge is 1.93. The highest BCUT2D eigenvalue weighted by atomic mass is 14.8. The monoisotopic (exact) mass is 176 g/mol. The number of hydrogen-bond donors (Lipinski definition) is 0. The summed E-state index contributed by atoms with van der Waals surface area (Å²) in [4.78, 5) is 7.94. The first kappa shape index (κ1) is 11.6. The lowest BCUT2D eigenvalue weighted by Crippen LogP contribution is -1.86. The van der Waals surface area contributed by atoms with Crippen molar-refractivity contribution >= 4 is 12.2 Å². The summed E-state index contributed by atoms with van der Waals surface area (Å²) in [6.07, 6.45) is 8.91. The third-order valence-corrected chi connectivity index (χ3v) is 1.31. The molecule has 0 aromatic carbocycles. The molecule has 0 atom stereocenters. The number of aromatic nitrogens is 2. The Labute approximate surface area is 80.1 Å². The molecule has 13 heavy (non-hydrogen) atoms. The van der Waals surface area contributed by atoms with Crippen LogP contribution < -0.4 is 0 Å². The summed E-state index contributed by atoms with van der Waals surface area (Å²) in [5.74, 6) is 0. The van der Waals surface area contributed by atoms with Crippen molar-refractivity contribution in [2.75, 3.05) is 0 Å². The van der Waals surface area contributed by atoms with Crippen LogP contribution in [0.25, 0.3) is 12.2 Å². The minimum Gasteiger partial charge on any atom is -0.244 e. The van der Waals surface area contributed by atoms with Crippen LogP contribution >= 0.6 is 0 Å². The van der Waals surface area contributed by atoms with Gasteiger partial charge in [0.15, 0.2) is 0 Å². The van der Waals surface area contributed by atoms with Gasteiger partial charge >= 0.3 is 0 Å². The normalized spacial score (nSPS) is 9.15. The van der Waals surface area contributed by atoms with Crippen LogP contribution in [-0.2, 0) is 0 Å². The van der Waals surface area contributed by atoms with E-state index in [4.69, 9.17) is 0 Å². The Morgan fingerprint density at radius 1 is 1.38 bits per heavy atom. The first-order valence-corrected chi connectivity index (χ1v) is 4.43. The lowest BCUT2D eigenvalue weighted by atomic mass is 10.2. The van der Waals surface area contributed by atoms with E-state index in [1.165, 1.54) is 6.33 Å². The van der Waals surface area contributed by atoms with Crippen LogP contribution in [0.3, 0.4) is 0 Å². The Balaban J connectivity index is 0.000000671. The molecule has 1 rings (SSSR count). The molecular weight excluding hydrogens is 160 g/mol. The molecule has 0 amide bonds. The Kier molecular flexibility index (Phi) is 6.42. The van der Waals surface area contributed by atoms with Crippen molar-refractivity contribution in [3.63, 3.8) is 0 Å². The molecule has 1 heterocycles. The van der Waals surface area contributed by atoms with Crippen LogP contribution in [0.15, 0.2) is 25.2 Å². The molecule has 0 unspecified atom stereocenters. The molecule has 0 fully saturated rings. The third kappa shape index (κ3) is 3.65. The fourth-order valence-electron chi connectivity index (χ4n) is 0.828. The van der Waals surface area contributed by atoms with Gasteiger partial charge in [0.05, 0.1) is 5.69 Å². The molecule has 0 bridgehead atoms. The van der Waals surface area contributed by atoms with Gasteiger partial charge in [-0.25, -0.2) is 9.97 Å². The Morgan fingerprint density at radius 3 is 2.62 bits per heavy atom. The van der Waals surface area contributed by atoms with Crippen LogP contribution in [-0.4, -0.2) is 9.97 Å². The summed E-state index contributed by atoms with van der Waals surface area (Å²) >= 11 is 0. The number of nitrogens with zero attached hydrogens (tertiary/aromatic N) is 2. The van der Waals surface area contributed by atoms with Gasteiger partial charge in [0.2, 0.25) is 0 Å². The molecule has 0 aliphatic rings. The van der Waals surface area contributed by atoms with E-state index in [1.807, 2.05) is 32.9 Å². The molecule has 0 N–H and O–H groups in total. The maximum Gasteiger partial charge on any atom is 0.116 e. The van der Waals surface area contributed by atoms with Crippen molar-refractivity contribution in [1.29, 1.82) is 0 Å². The van der Waals surface area contributed by atoms with Crippen LogP contribution in [0.5, 0.6) is 0 Å². The minimum absolute atomic E-state index is 0.873. The van der Waals surface area contributed by atoms with Crippen LogP contribution in [0.1, 0.15) is 32.0 Å². The van der Waals surface area contributed by atoms with Gasteiger partial charge in [0.25, 0.3) is 0 Å². The lowest BCUT2D eigenvalue weighted by molar-refractivity contribution is 1.14. The third-order valence-electron chi connectivity index (χ3n) is 1.31. The van der Waals surface area contributed by atoms with E-state index in [9.17, 15) is 0 Å². The molecule has 0 saturated carbocycles. The van der Waals surface area contributed by atoms with Crippen LogP contribution in [0.2, 0.25) is 0 Å². The first-order chi connectivity index (χ1) is 6.38. The number of allylic oxidation sites excluding steroid dienone is 1. The highest BCUT2D eigenvalue weighted by Crippen LogP contribution is 2.06. The van der Waals surface area contributed by atoms with E-state index in [1.54, 1.807) is 12.3 Å². The molecule has 0 saturated heterocycles. The minimum atomic E-state index is 0.873. The van der Waals surface area contributed by atoms with Gasteiger partial charge in [-0.3, -0.25) is 0 Å². The topological polar surface area (TPSA) is 25.8 Å². The maximum atomic E-state index is 4.04. The van der Waals surface area contributed by atoms with Crippen molar-refractivity contribution in [2.24, 2.45) is 0 Å². The van der Waals surface area contributed by atoms with Gasteiger partial charge in [0.1, 0.15) is 6.33 Å². The van der Waals surface area contributed by atoms with Crippen LogP contribution in [0, 0.1) is 0 Å². The van der Waals surface area contributed by atoms with Crippen molar-refractivity contribution in [2.45, 2.75) is 20.8 Å². The predicted octanol–water partition coefficient (Wildman–Crippen LogP) is 3.18. The van der Waals surface area contributed by atoms with Crippen LogP contribution in [0.4, 0.5) is 0 Å². The number of rotatable bonds is 2. The van der Waals surface area contributed by atoms with E-state index in [0.717, 1.165) is 11.3 Å². The van der Waals surface area contributed by atoms with Gasteiger partial charge < -0.3 is 0 Å². The summed E-state index contributed by atoms with van der Waals surface area (Å²) in [7, 11) is 0. The first-order valence-electron chi connectivity index (χ1n) is 4.43. The SMILES string of the molecule is C=Cc1ncncc1/C=C\C.CC. The number of hydrogen-bond acceptors (Lipinski definition) is 2. The van der Waals surface area contributed by atoms with Gasteiger partial charge in [-0.05, 0) is 13.0 Å². The summed E-state index contributed by atoms with van der Waals surface area (Å²) in [5, 5.41) is 0. The molecule has 0 radical (unpaired) electrons. The molecule has 2 heteroatoms. The quantitative estimate of drug-likeness (QED) is 0.691. The van der Waals surface area contributed by atoms with Gasteiger partial charge in [-0.15, -0.1) is 0 Å². The zero-order valence-electron chi connectivity index (χ0n) is 8.49. The zero-order valence-corrected chi connectivity index (χ0v) is 8.49. The van der Waals surface area contributed by atoms with E-state index in [0.29, 0.717) is 0 Å². The predicted molar refractivity (Wildman–Crippen MR) is 58.2 cm³/mol. The van der Waals surface area contributed by atoms with E-state index >= 15 is 0 Å². The summed E-state index contributed by atoms with van der Waals surface area (Å²) in [5.41, 5.74) is 1.88. The van der Waals surface area contributed by atoms with Gasteiger partial charge in [-0.1, -0.05) is 32.6 Å². The molecule has 2 nitrogen and oxygen atoms in total. The fraction of sp³-hybridized carbons (Fsp3) is 0.273. The standard InChI is InChI=1S/C9H10N2.C2H6/c1-3-5-8-6-10-7-11-9(8)4-2;1-2/h3-7H,2H2,1H3;1-2H3/b5-3-;. The van der Waals surface area contributed by atoms with Crippen molar-refractivity contribution in [1.82, 2.24) is 9.97 Å². The average Bonchev–Trinajstić information content (AvgIpc) is 2.22. The smallest absolute Gasteiger partial charge is 0.116 e. The van der Waals surface area contributed by atoms with E-state index in [2.05, 4.69) is 16.5 Å². The van der Waals surface area contributed by atoms with Gasteiger partial charge in [-0.2, -0.15) is 0 Å². The fourth-order valence-corrected chi connectivity index (χ4v) is 0.828. The highest BCUT2D eigenvalue weighted by molar-refractivity contribution is 5.59. The summed E-state index contributed by atoms with van der Waals surface area (Å²) in [6, 6.07) is 0. The molecule has 1 aromatic heterocycles. The molecule has 70 valence electrons. The average molecular weight is 176 g/mol. The summed E-state index contributed by atoms with van der Waals surface area (Å²) < 4.78 is 0. The lowest BCUT2D eigenvalue weighted by Gasteiger charge is -1.95. The largest absolute Gasteiger partial charge is 0.244 e. The van der Waals surface area contributed by atoms with Gasteiger partial charge in [0, 0.05) is 11.8 Å². The van der Waals surface area contributed by atoms with Crippen molar-refractivity contribution < 1.29 is 0 Å². The van der Waals surface area contributed by atoms with Crippen molar-refractivity contribution in [3.8, 4) is 0 Å². The van der Waals surface area contributed by atoms with Crippen molar-refractivity contribution in [3.05, 3.63) is 36.4 Å². The molecular formula is C11H16N2. The Bertz CT molecular complexity index is 277. The van der Waals surface area contributed by atoms with E-state index < -0.39 is 0 Å². The Morgan fingerprint density at radius 2 is 2.08 bits per heavy atom. The second kappa shape index (κ2) is 7.22. The van der Waals surface area contributed by atoms with E-state index in [-0.39, 0.29) is 0 Å². The molecule has 1 aromatic rings.